The van der Waals surface area contributed by atoms with E-state index >= 15 is 0 Å². The van der Waals surface area contributed by atoms with E-state index in [1.165, 1.54) is 30.2 Å². The molecule has 0 radical (unpaired) electrons. The van der Waals surface area contributed by atoms with Gasteiger partial charge in [-0.05, 0) is 68.0 Å². The zero-order chi connectivity index (χ0) is 20.9. The molecule has 1 aliphatic carbocycles. The van der Waals surface area contributed by atoms with Crippen molar-refractivity contribution < 1.29 is 9.59 Å². The van der Waals surface area contributed by atoms with Crippen LogP contribution >= 0.6 is 23.4 Å². The van der Waals surface area contributed by atoms with Gasteiger partial charge in [0, 0.05) is 22.0 Å². The molecule has 2 aromatic carbocycles. The van der Waals surface area contributed by atoms with Crippen LogP contribution in [0.3, 0.4) is 0 Å². The average molecular weight is 441 g/mol. The lowest BCUT2D eigenvalue weighted by atomic mass is 9.97. The number of carbonyl (C=O) groups is 2. The summed E-state index contributed by atoms with van der Waals surface area (Å²) in [6.45, 7) is 1.10. The average Bonchev–Trinajstić information content (AvgIpc) is 2.77. The van der Waals surface area contributed by atoms with E-state index in [4.69, 9.17) is 11.6 Å². The molecule has 30 heavy (non-hydrogen) atoms. The summed E-state index contributed by atoms with van der Waals surface area (Å²) in [5.74, 6) is 0.356. The summed E-state index contributed by atoms with van der Waals surface area (Å²) < 4.78 is 0. The van der Waals surface area contributed by atoms with Crippen LogP contribution in [0, 0.1) is 0 Å². The fourth-order valence-corrected chi connectivity index (χ4v) is 4.90. The van der Waals surface area contributed by atoms with Crippen LogP contribution in [0.25, 0.3) is 0 Å². The summed E-state index contributed by atoms with van der Waals surface area (Å²) in [6.07, 6.45) is 8.05. The van der Waals surface area contributed by atoms with Gasteiger partial charge < -0.3 is 10.2 Å². The van der Waals surface area contributed by atoms with Gasteiger partial charge in [-0.2, -0.15) is 0 Å². The third-order valence-electron chi connectivity index (χ3n) is 5.53. The van der Waals surface area contributed by atoms with Gasteiger partial charge in [0.15, 0.2) is 0 Å². The first kappa shape index (κ1) is 21.0. The van der Waals surface area contributed by atoms with Crippen LogP contribution in [0.15, 0.2) is 59.0 Å². The van der Waals surface area contributed by atoms with Crippen LogP contribution in [0.2, 0.25) is 5.02 Å². The van der Waals surface area contributed by atoms with Gasteiger partial charge in [0.1, 0.15) is 0 Å². The number of rotatable bonds is 6. The van der Waals surface area contributed by atoms with Crippen molar-refractivity contribution in [2.24, 2.45) is 0 Å². The Morgan fingerprint density at radius 1 is 1.13 bits per heavy atom. The number of benzene rings is 2. The van der Waals surface area contributed by atoms with Crippen molar-refractivity contribution >= 4 is 40.9 Å². The SMILES string of the molecule is O=C(NCCC1=CCCCC1)c1ccc2c(c1)N(Cc1ccc(Cl)cc1)C(=O)CS2. The highest BCUT2D eigenvalue weighted by atomic mass is 35.5. The maximum atomic E-state index is 12.7. The summed E-state index contributed by atoms with van der Waals surface area (Å²) in [5, 5.41) is 3.70. The van der Waals surface area contributed by atoms with E-state index < -0.39 is 0 Å². The summed E-state index contributed by atoms with van der Waals surface area (Å²) >= 11 is 7.50. The van der Waals surface area contributed by atoms with E-state index in [2.05, 4.69) is 11.4 Å². The molecule has 0 fully saturated rings. The van der Waals surface area contributed by atoms with Gasteiger partial charge in [-0.25, -0.2) is 0 Å². The van der Waals surface area contributed by atoms with E-state index in [0.29, 0.717) is 29.4 Å². The Morgan fingerprint density at radius 3 is 2.73 bits per heavy atom. The molecule has 2 aromatic rings. The molecule has 2 aliphatic rings. The van der Waals surface area contributed by atoms with Crippen molar-refractivity contribution in [3.05, 3.63) is 70.3 Å². The minimum Gasteiger partial charge on any atom is -0.352 e. The first-order valence-corrected chi connectivity index (χ1v) is 11.7. The highest BCUT2D eigenvalue weighted by molar-refractivity contribution is 8.00. The maximum Gasteiger partial charge on any atom is 0.251 e. The first-order valence-electron chi connectivity index (χ1n) is 10.4. The molecule has 4 rings (SSSR count). The Kier molecular flexibility index (Phi) is 6.80. The molecular formula is C24H25ClN2O2S. The van der Waals surface area contributed by atoms with Gasteiger partial charge in [0.25, 0.3) is 5.91 Å². The number of thioether (sulfide) groups is 1. The van der Waals surface area contributed by atoms with Gasteiger partial charge in [0.05, 0.1) is 18.0 Å². The lowest BCUT2D eigenvalue weighted by Crippen LogP contribution is -2.35. The lowest BCUT2D eigenvalue weighted by molar-refractivity contribution is -0.116. The van der Waals surface area contributed by atoms with E-state index in [9.17, 15) is 9.59 Å². The summed E-state index contributed by atoms with van der Waals surface area (Å²) in [4.78, 5) is 28.1. The standard InChI is InChI=1S/C24H25ClN2O2S/c25-20-9-6-18(7-10-20)15-27-21-14-19(8-11-22(21)30-16-23(27)28)24(29)26-13-12-17-4-2-1-3-5-17/h4,6-11,14H,1-3,5,12-13,15-16H2,(H,26,29). The Balaban J connectivity index is 1.46. The monoisotopic (exact) mass is 440 g/mol. The number of carbonyl (C=O) groups excluding carboxylic acids is 2. The highest BCUT2D eigenvalue weighted by Gasteiger charge is 2.26. The van der Waals surface area contributed by atoms with Crippen molar-refractivity contribution in [1.82, 2.24) is 5.32 Å². The maximum absolute atomic E-state index is 12.7. The van der Waals surface area contributed by atoms with Gasteiger partial charge in [-0.15, -0.1) is 11.8 Å². The topological polar surface area (TPSA) is 49.4 Å². The molecule has 0 atom stereocenters. The Morgan fingerprint density at radius 2 is 1.97 bits per heavy atom. The third-order valence-corrected chi connectivity index (χ3v) is 6.83. The number of nitrogens with zero attached hydrogens (tertiary/aromatic N) is 1. The van der Waals surface area contributed by atoms with E-state index in [1.807, 2.05) is 42.5 Å². The summed E-state index contributed by atoms with van der Waals surface area (Å²) in [6, 6.07) is 13.1. The van der Waals surface area contributed by atoms with Crippen LogP contribution in [-0.2, 0) is 11.3 Å². The molecule has 0 spiro atoms. The number of amides is 2. The largest absolute Gasteiger partial charge is 0.352 e. The van der Waals surface area contributed by atoms with Crippen molar-refractivity contribution in [2.45, 2.75) is 43.5 Å². The normalized spacial score (nSPS) is 16.1. The third kappa shape index (κ3) is 5.08. The van der Waals surface area contributed by atoms with E-state index in [-0.39, 0.29) is 11.8 Å². The Hall–Kier alpha value is -2.24. The van der Waals surface area contributed by atoms with Crippen LogP contribution in [0.1, 0.15) is 48.0 Å². The smallest absolute Gasteiger partial charge is 0.251 e. The molecule has 6 heteroatoms. The highest BCUT2D eigenvalue weighted by Crippen LogP contribution is 2.37. The second-order valence-electron chi connectivity index (χ2n) is 7.69. The molecule has 4 nitrogen and oxygen atoms in total. The van der Waals surface area contributed by atoms with Crippen LogP contribution in [-0.4, -0.2) is 24.1 Å². The number of anilines is 1. The quantitative estimate of drug-likeness (QED) is 0.595. The molecule has 2 amide bonds. The molecule has 0 bridgehead atoms. The molecule has 1 aliphatic heterocycles. The van der Waals surface area contributed by atoms with Crippen molar-refractivity contribution in [3.63, 3.8) is 0 Å². The molecule has 0 saturated carbocycles. The van der Waals surface area contributed by atoms with Crippen molar-refractivity contribution in [1.29, 1.82) is 0 Å². The van der Waals surface area contributed by atoms with E-state index in [0.717, 1.165) is 35.4 Å². The van der Waals surface area contributed by atoms with Gasteiger partial charge in [-0.1, -0.05) is 35.4 Å². The lowest BCUT2D eigenvalue weighted by Gasteiger charge is -2.29. The second-order valence-corrected chi connectivity index (χ2v) is 9.15. The molecule has 0 aromatic heterocycles. The van der Waals surface area contributed by atoms with Crippen LogP contribution < -0.4 is 10.2 Å². The fourth-order valence-electron chi connectivity index (χ4n) is 3.86. The Bertz CT molecular complexity index is 972. The minimum atomic E-state index is -0.0938. The fraction of sp³-hybridized carbons (Fsp3) is 0.333. The van der Waals surface area contributed by atoms with E-state index in [1.54, 1.807) is 4.90 Å². The predicted molar refractivity (Wildman–Crippen MR) is 123 cm³/mol. The number of halogens is 1. The van der Waals surface area contributed by atoms with Crippen LogP contribution in [0.5, 0.6) is 0 Å². The van der Waals surface area contributed by atoms with Crippen molar-refractivity contribution in [2.75, 3.05) is 17.2 Å². The molecule has 1 N–H and O–H groups in total. The number of nitrogens with one attached hydrogen (secondary N) is 1. The summed E-state index contributed by atoms with van der Waals surface area (Å²) in [7, 11) is 0. The zero-order valence-corrected chi connectivity index (χ0v) is 18.4. The van der Waals surface area contributed by atoms with Gasteiger partial charge in [0.2, 0.25) is 5.91 Å². The second kappa shape index (κ2) is 9.71. The number of hydrogen-bond donors (Lipinski definition) is 1. The first-order chi connectivity index (χ1) is 14.6. The molecular weight excluding hydrogens is 416 g/mol. The molecule has 156 valence electrons. The van der Waals surface area contributed by atoms with Gasteiger partial charge >= 0.3 is 0 Å². The summed E-state index contributed by atoms with van der Waals surface area (Å²) in [5.41, 5.74) is 3.83. The molecule has 0 saturated heterocycles. The number of hydrogen-bond acceptors (Lipinski definition) is 3. The number of allylic oxidation sites excluding steroid dienone is 1. The van der Waals surface area contributed by atoms with Crippen molar-refractivity contribution in [3.8, 4) is 0 Å². The molecule has 1 heterocycles. The molecule has 0 unspecified atom stereocenters. The van der Waals surface area contributed by atoms with Gasteiger partial charge in [-0.3, -0.25) is 9.59 Å². The predicted octanol–water partition coefficient (Wildman–Crippen LogP) is 5.60. The Labute approximate surface area is 186 Å². The number of fused-ring (bicyclic) bond motifs is 1. The zero-order valence-electron chi connectivity index (χ0n) is 16.8. The minimum absolute atomic E-state index is 0.0456. The van der Waals surface area contributed by atoms with Crippen LogP contribution in [0.4, 0.5) is 5.69 Å².